The van der Waals surface area contributed by atoms with Gasteiger partial charge in [-0.05, 0) is 23.3 Å². The van der Waals surface area contributed by atoms with Crippen molar-refractivity contribution in [2.45, 2.75) is 12.7 Å². The van der Waals surface area contributed by atoms with Gasteiger partial charge in [0.25, 0.3) is 0 Å². The quantitative estimate of drug-likeness (QED) is 0.767. The van der Waals surface area contributed by atoms with Crippen LogP contribution in [0.5, 0.6) is 11.5 Å². The van der Waals surface area contributed by atoms with Crippen LogP contribution >= 0.6 is 0 Å². The first-order valence-electron chi connectivity index (χ1n) is 6.08. The summed E-state index contributed by atoms with van der Waals surface area (Å²) in [5.74, 6) is 0.387. The van der Waals surface area contributed by atoms with E-state index in [4.69, 9.17) is 10.5 Å². The van der Waals surface area contributed by atoms with Gasteiger partial charge < -0.3 is 20.7 Å². The van der Waals surface area contributed by atoms with Gasteiger partial charge in [-0.3, -0.25) is 0 Å². The van der Waals surface area contributed by atoms with Crippen LogP contribution in [0, 0.1) is 0 Å². The Hall–Kier alpha value is -2.04. The highest BCUT2D eigenvalue weighted by Gasteiger charge is 2.10. The van der Waals surface area contributed by atoms with Gasteiger partial charge in [-0.2, -0.15) is 0 Å². The lowest BCUT2D eigenvalue weighted by atomic mass is 10.1. The molecule has 0 aliphatic rings. The van der Waals surface area contributed by atoms with Crippen molar-refractivity contribution in [1.82, 2.24) is 0 Å². The van der Waals surface area contributed by atoms with E-state index in [-0.39, 0.29) is 12.3 Å². The van der Waals surface area contributed by atoms with Crippen LogP contribution in [0.15, 0.2) is 48.5 Å². The van der Waals surface area contributed by atoms with Crippen LogP contribution in [0.25, 0.3) is 0 Å². The van der Waals surface area contributed by atoms with Gasteiger partial charge in [0.15, 0.2) is 11.5 Å². The zero-order valence-electron chi connectivity index (χ0n) is 10.5. The number of aliphatic hydroxyl groups is 1. The van der Waals surface area contributed by atoms with Crippen LogP contribution in [0.4, 0.5) is 0 Å². The van der Waals surface area contributed by atoms with Gasteiger partial charge in [-0.1, -0.05) is 36.4 Å². The molecule has 0 heterocycles. The van der Waals surface area contributed by atoms with Crippen molar-refractivity contribution >= 4 is 0 Å². The molecule has 0 radical (unpaired) electrons. The fourth-order valence-corrected chi connectivity index (χ4v) is 1.73. The maximum Gasteiger partial charge on any atom is 0.161 e. The molecule has 0 amide bonds. The molecule has 0 bridgehead atoms. The van der Waals surface area contributed by atoms with Gasteiger partial charge >= 0.3 is 0 Å². The summed E-state index contributed by atoms with van der Waals surface area (Å²) in [4.78, 5) is 0. The Labute approximate surface area is 112 Å². The lowest BCUT2D eigenvalue weighted by Gasteiger charge is -2.12. The number of phenols is 1. The minimum atomic E-state index is -0.750. The van der Waals surface area contributed by atoms with Gasteiger partial charge in [-0.15, -0.1) is 0 Å². The molecule has 1 atom stereocenters. The molecule has 0 spiro atoms. The highest BCUT2D eigenvalue weighted by molar-refractivity contribution is 5.42. The van der Waals surface area contributed by atoms with Gasteiger partial charge in [0, 0.05) is 6.54 Å². The second kappa shape index (κ2) is 6.22. The van der Waals surface area contributed by atoms with Crippen molar-refractivity contribution in [2.24, 2.45) is 5.73 Å². The number of rotatable bonds is 5. The molecular weight excluding hydrogens is 242 g/mol. The van der Waals surface area contributed by atoms with Crippen LogP contribution in [-0.2, 0) is 6.61 Å². The highest BCUT2D eigenvalue weighted by atomic mass is 16.5. The van der Waals surface area contributed by atoms with E-state index in [0.717, 1.165) is 5.56 Å². The van der Waals surface area contributed by atoms with Crippen molar-refractivity contribution in [1.29, 1.82) is 0 Å². The Morgan fingerprint density at radius 2 is 1.84 bits per heavy atom. The van der Waals surface area contributed by atoms with Crippen molar-refractivity contribution in [2.75, 3.05) is 6.54 Å². The number of aromatic hydroxyl groups is 1. The molecule has 1 unspecified atom stereocenters. The summed E-state index contributed by atoms with van der Waals surface area (Å²) in [6.45, 7) is 0.486. The third kappa shape index (κ3) is 3.47. The van der Waals surface area contributed by atoms with Gasteiger partial charge in [0.05, 0.1) is 6.10 Å². The summed E-state index contributed by atoms with van der Waals surface area (Å²) in [6.07, 6.45) is -0.750. The molecule has 4 nitrogen and oxygen atoms in total. The van der Waals surface area contributed by atoms with E-state index in [2.05, 4.69) is 0 Å². The number of aliphatic hydroxyl groups excluding tert-OH is 1. The minimum absolute atomic E-state index is 0.0453. The summed E-state index contributed by atoms with van der Waals surface area (Å²) >= 11 is 0. The van der Waals surface area contributed by atoms with E-state index in [0.29, 0.717) is 17.9 Å². The first kappa shape index (κ1) is 13.4. The molecule has 0 saturated heterocycles. The summed E-state index contributed by atoms with van der Waals surface area (Å²) < 4.78 is 5.56. The monoisotopic (exact) mass is 259 g/mol. The molecule has 4 heteroatoms. The van der Waals surface area contributed by atoms with Crippen molar-refractivity contribution in [3.63, 3.8) is 0 Å². The number of ether oxygens (including phenoxy) is 1. The zero-order valence-corrected chi connectivity index (χ0v) is 10.5. The predicted molar refractivity (Wildman–Crippen MR) is 72.9 cm³/mol. The molecule has 100 valence electrons. The summed E-state index contributed by atoms with van der Waals surface area (Å²) in [7, 11) is 0. The number of benzene rings is 2. The number of phenolic OH excluding ortho intramolecular Hbond substituents is 1. The molecule has 19 heavy (non-hydrogen) atoms. The molecule has 0 saturated carbocycles. The molecule has 2 aromatic carbocycles. The Bertz CT molecular complexity index is 528. The normalized spacial score (nSPS) is 12.1. The van der Waals surface area contributed by atoms with Crippen molar-refractivity contribution in [3.05, 3.63) is 59.7 Å². The minimum Gasteiger partial charge on any atom is -0.504 e. The van der Waals surface area contributed by atoms with Crippen LogP contribution in [0.3, 0.4) is 0 Å². The Morgan fingerprint density at radius 3 is 2.53 bits per heavy atom. The number of nitrogens with two attached hydrogens (primary N) is 1. The maximum atomic E-state index is 9.73. The molecular formula is C15H17NO3. The van der Waals surface area contributed by atoms with E-state index in [1.54, 1.807) is 12.1 Å². The van der Waals surface area contributed by atoms with E-state index in [9.17, 15) is 10.2 Å². The van der Waals surface area contributed by atoms with Gasteiger partial charge in [-0.25, -0.2) is 0 Å². The van der Waals surface area contributed by atoms with E-state index in [1.807, 2.05) is 30.3 Å². The van der Waals surface area contributed by atoms with Crippen LogP contribution in [-0.4, -0.2) is 16.8 Å². The first-order chi connectivity index (χ1) is 9.20. The van der Waals surface area contributed by atoms with E-state index in [1.165, 1.54) is 6.07 Å². The molecule has 0 aromatic heterocycles. The predicted octanol–water partition coefficient (Wildman–Crippen LogP) is 1.96. The van der Waals surface area contributed by atoms with Crippen molar-refractivity contribution < 1.29 is 14.9 Å². The molecule has 0 aliphatic carbocycles. The second-order valence-electron chi connectivity index (χ2n) is 4.25. The SMILES string of the molecule is NCC(O)c1ccc(O)c(OCc2ccccc2)c1. The third-order valence-corrected chi connectivity index (χ3v) is 2.83. The highest BCUT2D eigenvalue weighted by Crippen LogP contribution is 2.29. The molecule has 2 aromatic rings. The summed E-state index contributed by atoms with van der Waals surface area (Å²) in [6, 6.07) is 14.4. The zero-order chi connectivity index (χ0) is 13.7. The van der Waals surface area contributed by atoms with E-state index < -0.39 is 6.10 Å². The molecule has 4 N–H and O–H groups in total. The van der Waals surface area contributed by atoms with Crippen molar-refractivity contribution in [3.8, 4) is 11.5 Å². The fourth-order valence-electron chi connectivity index (χ4n) is 1.73. The number of hydrogen-bond acceptors (Lipinski definition) is 4. The largest absolute Gasteiger partial charge is 0.504 e. The Morgan fingerprint density at radius 1 is 1.11 bits per heavy atom. The Balaban J connectivity index is 2.11. The topological polar surface area (TPSA) is 75.7 Å². The smallest absolute Gasteiger partial charge is 0.161 e. The van der Waals surface area contributed by atoms with Crippen LogP contribution < -0.4 is 10.5 Å². The van der Waals surface area contributed by atoms with E-state index >= 15 is 0 Å². The summed E-state index contributed by atoms with van der Waals surface area (Å²) in [5, 5.41) is 19.4. The Kier molecular flexibility index (Phi) is 4.39. The van der Waals surface area contributed by atoms with Crippen LogP contribution in [0.2, 0.25) is 0 Å². The molecule has 2 rings (SSSR count). The van der Waals surface area contributed by atoms with Crippen LogP contribution in [0.1, 0.15) is 17.2 Å². The van der Waals surface area contributed by atoms with Gasteiger partial charge in [0.1, 0.15) is 6.61 Å². The average molecular weight is 259 g/mol. The van der Waals surface area contributed by atoms with Gasteiger partial charge in [0.2, 0.25) is 0 Å². The third-order valence-electron chi connectivity index (χ3n) is 2.83. The average Bonchev–Trinajstić information content (AvgIpc) is 2.46. The molecule has 0 aliphatic heterocycles. The number of hydrogen-bond donors (Lipinski definition) is 3. The fraction of sp³-hybridized carbons (Fsp3) is 0.200. The second-order valence-corrected chi connectivity index (χ2v) is 4.25. The summed E-state index contributed by atoms with van der Waals surface area (Å²) in [5.41, 5.74) is 7.04. The lowest BCUT2D eigenvalue weighted by molar-refractivity contribution is 0.185. The lowest BCUT2D eigenvalue weighted by Crippen LogP contribution is -2.11. The first-order valence-corrected chi connectivity index (χ1v) is 6.08. The standard InChI is InChI=1S/C15H17NO3/c16-9-14(18)12-6-7-13(17)15(8-12)19-10-11-4-2-1-3-5-11/h1-8,14,17-18H,9-10,16H2. The maximum absolute atomic E-state index is 9.73. The molecule has 0 fully saturated rings.